The Balaban J connectivity index is 1.95. The fourth-order valence-electron chi connectivity index (χ4n) is 3.11. The maximum Gasteiger partial charge on any atom is 0.309 e. The molecule has 3 aromatic carbocycles. The Morgan fingerprint density at radius 2 is 1.55 bits per heavy atom. The molecule has 0 fully saturated rings. The zero-order valence-corrected chi connectivity index (χ0v) is 18.9. The first-order valence-electron chi connectivity index (χ1n) is 10.1. The Hall–Kier alpha value is -3.46. The van der Waals surface area contributed by atoms with Crippen LogP contribution in [0.3, 0.4) is 0 Å². The van der Waals surface area contributed by atoms with Gasteiger partial charge in [0.05, 0.1) is 12.9 Å². The fourth-order valence-corrected chi connectivity index (χ4v) is 3.64. The van der Waals surface area contributed by atoms with Gasteiger partial charge in [0.25, 0.3) is 5.91 Å². The summed E-state index contributed by atoms with van der Waals surface area (Å²) < 4.78 is 61.3. The number of methoxy groups -OCH3 is 1. The number of carbonyl (C=O) groups is 1. The molecule has 0 unspecified atom stereocenters. The molecule has 9 heteroatoms. The molecule has 33 heavy (non-hydrogen) atoms. The van der Waals surface area contributed by atoms with E-state index < -0.39 is 27.7 Å². The predicted octanol–water partition coefficient (Wildman–Crippen LogP) is 4.54. The van der Waals surface area contributed by atoms with Crippen LogP contribution < -0.4 is 8.92 Å². The largest absolute Gasteiger partial charge is 0.493 e. The summed E-state index contributed by atoms with van der Waals surface area (Å²) in [5.41, 5.74) is 1.37. The summed E-state index contributed by atoms with van der Waals surface area (Å²) in [6, 6.07) is 15.7. The van der Waals surface area contributed by atoms with Gasteiger partial charge in [0.1, 0.15) is 11.6 Å². The molecule has 6 nitrogen and oxygen atoms in total. The van der Waals surface area contributed by atoms with E-state index in [2.05, 4.69) is 0 Å². The third kappa shape index (κ3) is 6.52. The topological polar surface area (TPSA) is 72.9 Å². The second-order valence-corrected chi connectivity index (χ2v) is 9.07. The Morgan fingerprint density at radius 1 is 0.879 bits per heavy atom. The number of benzene rings is 3. The number of nitrogens with zero attached hydrogens (tertiary/aromatic N) is 1. The highest BCUT2D eigenvalue weighted by Crippen LogP contribution is 2.30. The van der Waals surface area contributed by atoms with Gasteiger partial charge in [-0.1, -0.05) is 24.3 Å². The molecule has 0 aliphatic rings. The van der Waals surface area contributed by atoms with Crippen LogP contribution in [0.1, 0.15) is 28.4 Å². The molecule has 0 radical (unpaired) electrons. The quantitative estimate of drug-likeness (QED) is 0.425. The molecule has 3 rings (SSSR count). The van der Waals surface area contributed by atoms with Crippen molar-refractivity contribution >= 4 is 16.0 Å². The monoisotopic (exact) mass is 475 g/mol. The van der Waals surface area contributed by atoms with Gasteiger partial charge in [0.15, 0.2) is 11.5 Å². The molecule has 0 heterocycles. The van der Waals surface area contributed by atoms with Crippen molar-refractivity contribution in [1.29, 1.82) is 0 Å². The van der Waals surface area contributed by atoms with Crippen LogP contribution in [-0.2, 0) is 23.2 Å². The normalized spacial score (nSPS) is 11.2. The second-order valence-electron chi connectivity index (χ2n) is 7.21. The first-order chi connectivity index (χ1) is 15.7. The molecule has 1 amide bonds. The molecule has 0 aromatic heterocycles. The molecule has 0 atom stereocenters. The van der Waals surface area contributed by atoms with Crippen LogP contribution in [0.5, 0.6) is 11.5 Å². The zero-order valence-electron chi connectivity index (χ0n) is 18.1. The first-order valence-corrected chi connectivity index (χ1v) is 11.7. The van der Waals surface area contributed by atoms with E-state index in [0.29, 0.717) is 11.1 Å². The number of carbonyl (C=O) groups excluding carboxylic acids is 1. The highest BCUT2D eigenvalue weighted by molar-refractivity contribution is 7.87. The molecular weight excluding hydrogens is 452 g/mol. The van der Waals surface area contributed by atoms with E-state index in [1.807, 2.05) is 0 Å². The maximum atomic E-state index is 13.7. The van der Waals surface area contributed by atoms with Crippen molar-refractivity contribution in [3.8, 4) is 11.5 Å². The molecule has 174 valence electrons. The van der Waals surface area contributed by atoms with Crippen LogP contribution in [0, 0.1) is 11.6 Å². The summed E-state index contributed by atoms with van der Waals surface area (Å²) in [5, 5.41) is 0. The summed E-state index contributed by atoms with van der Waals surface area (Å²) in [6.07, 6.45) is 0. The third-order valence-electron chi connectivity index (χ3n) is 4.82. The molecule has 3 aromatic rings. The molecule has 0 bridgehead atoms. The Morgan fingerprint density at radius 3 is 2.18 bits per heavy atom. The van der Waals surface area contributed by atoms with Crippen molar-refractivity contribution in [1.82, 2.24) is 4.90 Å². The molecule has 0 spiro atoms. The zero-order chi connectivity index (χ0) is 24.0. The number of ether oxygens (including phenoxy) is 1. The Bertz CT molecular complexity index is 1230. The van der Waals surface area contributed by atoms with E-state index in [-0.39, 0.29) is 35.9 Å². The van der Waals surface area contributed by atoms with Gasteiger partial charge in [-0.15, -0.1) is 0 Å². The molecule has 0 saturated carbocycles. The van der Waals surface area contributed by atoms with Crippen LogP contribution in [-0.4, -0.2) is 32.1 Å². The summed E-state index contributed by atoms with van der Waals surface area (Å²) in [5.74, 6) is -1.41. The van der Waals surface area contributed by atoms with Crippen LogP contribution in [0.2, 0.25) is 0 Å². The minimum atomic E-state index is -3.80. The number of hydrogen-bond acceptors (Lipinski definition) is 5. The minimum absolute atomic E-state index is 0.00298. The average molecular weight is 476 g/mol. The van der Waals surface area contributed by atoms with E-state index >= 15 is 0 Å². The molecule has 0 aliphatic carbocycles. The summed E-state index contributed by atoms with van der Waals surface area (Å²) in [6.45, 7) is 1.62. The van der Waals surface area contributed by atoms with Gasteiger partial charge in [-0.25, -0.2) is 8.78 Å². The van der Waals surface area contributed by atoms with E-state index in [1.54, 1.807) is 24.3 Å². The number of hydrogen-bond donors (Lipinski definition) is 0. The van der Waals surface area contributed by atoms with E-state index in [1.165, 1.54) is 55.3 Å². The van der Waals surface area contributed by atoms with Crippen molar-refractivity contribution in [2.45, 2.75) is 20.0 Å². The van der Waals surface area contributed by atoms with Crippen LogP contribution >= 0.6 is 0 Å². The first kappa shape index (κ1) is 24.2. The van der Waals surface area contributed by atoms with Gasteiger partial charge in [0.2, 0.25) is 0 Å². The molecular formula is C24H23F2NO5S. The van der Waals surface area contributed by atoms with Gasteiger partial charge in [0, 0.05) is 18.7 Å². The summed E-state index contributed by atoms with van der Waals surface area (Å²) >= 11 is 0. The second kappa shape index (κ2) is 10.4. The van der Waals surface area contributed by atoms with Crippen LogP contribution in [0.4, 0.5) is 8.78 Å². The number of halogens is 2. The van der Waals surface area contributed by atoms with Crippen molar-refractivity contribution in [3.63, 3.8) is 0 Å². The fraction of sp³-hybridized carbons (Fsp3) is 0.208. The van der Waals surface area contributed by atoms with E-state index in [4.69, 9.17) is 8.92 Å². The van der Waals surface area contributed by atoms with Gasteiger partial charge in [-0.3, -0.25) is 4.79 Å². The average Bonchev–Trinajstić information content (AvgIpc) is 2.79. The molecule has 0 saturated heterocycles. The van der Waals surface area contributed by atoms with Crippen LogP contribution in [0.25, 0.3) is 0 Å². The highest BCUT2D eigenvalue weighted by atomic mass is 32.2. The Labute approximate surface area is 191 Å². The van der Waals surface area contributed by atoms with Crippen molar-refractivity contribution < 1.29 is 30.9 Å². The minimum Gasteiger partial charge on any atom is -0.493 e. The number of amides is 1. The lowest BCUT2D eigenvalue weighted by Crippen LogP contribution is -2.30. The van der Waals surface area contributed by atoms with Crippen molar-refractivity contribution in [3.05, 3.63) is 95.1 Å². The smallest absolute Gasteiger partial charge is 0.309 e. The predicted molar refractivity (Wildman–Crippen MR) is 119 cm³/mol. The summed E-state index contributed by atoms with van der Waals surface area (Å²) in [7, 11) is -2.42. The lowest BCUT2D eigenvalue weighted by Gasteiger charge is -2.24. The Kier molecular flexibility index (Phi) is 7.65. The van der Waals surface area contributed by atoms with Gasteiger partial charge >= 0.3 is 10.1 Å². The summed E-state index contributed by atoms with van der Waals surface area (Å²) in [4.78, 5) is 14.6. The maximum absolute atomic E-state index is 13.7. The van der Waals surface area contributed by atoms with Crippen molar-refractivity contribution in [2.75, 3.05) is 12.9 Å². The molecule has 0 N–H and O–H groups in total. The lowest BCUT2D eigenvalue weighted by molar-refractivity contribution is 0.0729. The van der Waals surface area contributed by atoms with Gasteiger partial charge in [-0.2, -0.15) is 8.42 Å². The molecule has 0 aliphatic heterocycles. The van der Waals surface area contributed by atoms with Crippen LogP contribution in [0.15, 0.2) is 66.7 Å². The van der Waals surface area contributed by atoms with Gasteiger partial charge in [-0.05, 0) is 60.5 Å². The van der Waals surface area contributed by atoms with Gasteiger partial charge < -0.3 is 13.8 Å². The number of rotatable bonds is 9. The standard InChI is InChI=1S/C24H23F2NO5S/c1-3-33(29,30)32-23-13-18(9-12-22(23)31-2)16-27(15-17-7-10-20(25)11-8-17)24(28)19-5-4-6-21(26)14-19/h4-14H,3,15-16H2,1-2H3. The van der Waals surface area contributed by atoms with E-state index in [9.17, 15) is 22.0 Å². The van der Waals surface area contributed by atoms with E-state index in [0.717, 1.165) is 6.07 Å². The third-order valence-corrected chi connectivity index (χ3v) is 5.96. The SMILES string of the molecule is CCS(=O)(=O)Oc1cc(CN(Cc2ccc(F)cc2)C(=O)c2cccc(F)c2)ccc1OC. The highest BCUT2D eigenvalue weighted by Gasteiger charge is 2.20. The lowest BCUT2D eigenvalue weighted by atomic mass is 10.1. The van der Waals surface area contributed by atoms with Crippen molar-refractivity contribution in [2.24, 2.45) is 0 Å².